The van der Waals surface area contributed by atoms with E-state index in [1.54, 1.807) is 0 Å². The van der Waals surface area contributed by atoms with Gasteiger partial charge in [-0.1, -0.05) is 57.6 Å². The Bertz CT molecular complexity index is 429. The molecule has 0 N–H and O–H groups in total. The van der Waals surface area contributed by atoms with Crippen molar-refractivity contribution < 1.29 is 8.85 Å². The van der Waals surface area contributed by atoms with E-state index in [-0.39, 0.29) is 0 Å². The van der Waals surface area contributed by atoms with Crippen molar-refractivity contribution in [1.82, 2.24) is 0 Å². The topological polar surface area (TPSA) is 18.5 Å². The summed E-state index contributed by atoms with van der Waals surface area (Å²) in [5, 5.41) is 0. The Kier molecular flexibility index (Phi) is 8.80. The Morgan fingerprint density at radius 1 is 0.909 bits per heavy atom. The zero-order valence-electron chi connectivity index (χ0n) is 15.2. The minimum atomic E-state index is -2.08. The van der Waals surface area contributed by atoms with Gasteiger partial charge in [0.1, 0.15) is 5.75 Å². The third-order valence-corrected chi connectivity index (χ3v) is 5.51. The van der Waals surface area contributed by atoms with Crippen molar-refractivity contribution in [2.75, 3.05) is 6.61 Å². The van der Waals surface area contributed by atoms with Gasteiger partial charge in [-0.2, -0.15) is 0 Å². The van der Waals surface area contributed by atoms with Crippen LogP contribution >= 0.6 is 0 Å². The van der Waals surface area contributed by atoms with Crippen molar-refractivity contribution in [3.63, 3.8) is 0 Å². The van der Waals surface area contributed by atoms with Gasteiger partial charge < -0.3 is 8.85 Å². The van der Waals surface area contributed by atoms with Crippen molar-refractivity contribution in [3.8, 4) is 5.75 Å². The second-order valence-electron chi connectivity index (χ2n) is 6.74. The van der Waals surface area contributed by atoms with Crippen LogP contribution in [0.2, 0.25) is 13.1 Å². The molecule has 3 heteroatoms. The van der Waals surface area contributed by atoms with Crippen molar-refractivity contribution in [3.05, 3.63) is 29.3 Å². The third kappa shape index (κ3) is 8.00. The lowest BCUT2D eigenvalue weighted by Gasteiger charge is -2.25. The Labute approximate surface area is 138 Å². The highest BCUT2D eigenvalue weighted by atomic mass is 28.4. The number of hydrogen-bond acceptors (Lipinski definition) is 2. The lowest BCUT2D eigenvalue weighted by molar-refractivity contribution is 0.240. The molecule has 0 aliphatic heterocycles. The van der Waals surface area contributed by atoms with Crippen LogP contribution in [0.25, 0.3) is 0 Å². The molecule has 0 fully saturated rings. The molecule has 126 valence electrons. The summed E-state index contributed by atoms with van der Waals surface area (Å²) in [6.45, 7) is 11.6. The third-order valence-electron chi connectivity index (χ3n) is 3.90. The first-order valence-electron chi connectivity index (χ1n) is 8.85. The maximum absolute atomic E-state index is 6.19. The van der Waals surface area contributed by atoms with Crippen LogP contribution in [0.4, 0.5) is 0 Å². The quantitative estimate of drug-likeness (QED) is 0.359. The molecule has 0 aliphatic carbocycles. The fourth-order valence-electron chi connectivity index (χ4n) is 2.49. The molecule has 0 spiro atoms. The first-order valence-corrected chi connectivity index (χ1v) is 11.7. The van der Waals surface area contributed by atoms with Gasteiger partial charge in [0, 0.05) is 6.61 Å². The molecule has 2 nitrogen and oxygen atoms in total. The molecule has 0 saturated carbocycles. The monoisotopic (exact) mass is 322 g/mol. The van der Waals surface area contributed by atoms with Gasteiger partial charge >= 0.3 is 8.56 Å². The van der Waals surface area contributed by atoms with Crippen molar-refractivity contribution >= 4 is 8.56 Å². The maximum atomic E-state index is 6.19. The summed E-state index contributed by atoms with van der Waals surface area (Å²) in [5.74, 6) is 0.983. The molecule has 0 radical (unpaired) electrons. The predicted molar refractivity (Wildman–Crippen MR) is 98.0 cm³/mol. The summed E-state index contributed by atoms with van der Waals surface area (Å²) in [6, 6.07) is 6.35. The van der Waals surface area contributed by atoms with Gasteiger partial charge in [0.2, 0.25) is 0 Å². The van der Waals surface area contributed by atoms with E-state index in [0.29, 0.717) is 0 Å². The summed E-state index contributed by atoms with van der Waals surface area (Å²) in [5.41, 5.74) is 2.42. The molecule has 0 heterocycles. The van der Waals surface area contributed by atoms with Crippen LogP contribution in [0, 0.1) is 13.8 Å². The lowest BCUT2D eigenvalue weighted by atomic mass is 10.1. The maximum Gasteiger partial charge on any atom is 0.392 e. The standard InChI is InChI=1S/C19H34O2Si/c1-6-7-8-9-10-11-12-15-20-22(4,5)21-19-16-17(2)13-14-18(19)3/h13-14,16H,6-12,15H2,1-5H3. The molecule has 0 aliphatic rings. The molecule has 0 saturated heterocycles. The molecule has 0 atom stereocenters. The summed E-state index contributed by atoms with van der Waals surface area (Å²) in [4.78, 5) is 0. The highest BCUT2D eigenvalue weighted by molar-refractivity contribution is 6.65. The second-order valence-corrected chi connectivity index (χ2v) is 10.0. The zero-order valence-corrected chi connectivity index (χ0v) is 16.2. The van der Waals surface area contributed by atoms with E-state index in [1.165, 1.54) is 49.7 Å². The van der Waals surface area contributed by atoms with Gasteiger partial charge in [-0.25, -0.2) is 0 Å². The van der Waals surface area contributed by atoms with Gasteiger partial charge in [-0.05, 0) is 50.6 Å². The average Bonchev–Trinajstić information content (AvgIpc) is 2.45. The number of aryl methyl sites for hydroxylation is 2. The van der Waals surface area contributed by atoms with Crippen LogP contribution in [-0.4, -0.2) is 15.2 Å². The van der Waals surface area contributed by atoms with Crippen LogP contribution in [0.3, 0.4) is 0 Å². The van der Waals surface area contributed by atoms with Gasteiger partial charge in [-0.3, -0.25) is 0 Å². The van der Waals surface area contributed by atoms with E-state index in [2.05, 4.69) is 52.1 Å². The zero-order chi connectivity index (χ0) is 16.4. The van der Waals surface area contributed by atoms with Gasteiger partial charge in [0.25, 0.3) is 0 Å². The van der Waals surface area contributed by atoms with Crippen LogP contribution in [-0.2, 0) is 4.43 Å². The van der Waals surface area contributed by atoms with Crippen molar-refractivity contribution in [2.45, 2.75) is 78.8 Å². The van der Waals surface area contributed by atoms with E-state index in [0.717, 1.165) is 18.8 Å². The largest absolute Gasteiger partial charge is 0.520 e. The van der Waals surface area contributed by atoms with Crippen LogP contribution in [0.1, 0.15) is 63.0 Å². The van der Waals surface area contributed by atoms with Gasteiger partial charge in [0.15, 0.2) is 0 Å². The van der Waals surface area contributed by atoms with Gasteiger partial charge in [0.05, 0.1) is 0 Å². The molecular formula is C19H34O2Si. The minimum Gasteiger partial charge on any atom is -0.520 e. The number of hydrogen-bond donors (Lipinski definition) is 0. The Balaban J connectivity index is 2.25. The van der Waals surface area contributed by atoms with Crippen molar-refractivity contribution in [1.29, 1.82) is 0 Å². The molecule has 0 aromatic heterocycles. The fourth-order valence-corrected chi connectivity index (χ4v) is 3.93. The number of benzene rings is 1. The Morgan fingerprint density at radius 3 is 2.23 bits per heavy atom. The van der Waals surface area contributed by atoms with Crippen LogP contribution in [0.15, 0.2) is 18.2 Å². The van der Waals surface area contributed by atoms with E-state index in [9.17, 15) is 0 Å². The van der Waals surface area contributed by atoms with E-state index >= 15 is 0 Å². The SMILES string of the molecule is CCCCCCCCCO[Si](C)(C)Oc1cc(C)ccc1C. The summed E-state index contributed by atoms with van der Waals surface area (Å²) in [6.07, 6.45) is 9.21. The summed E-state index contributed by atoms with van der Waals surface area (Å²) < 4.78 is 12.3. The highest BCUT2D eigenvalue weighted by Crippen LogP contribution is 2.23. The minimum absolute atomic E-state index is 0.831. The lowest BCUT2D eigenvalue weighted by Crippen LogP contribution is -2.38. The molecule has 0 amide bonds. The molecule has 0 unspecified atom stereocenters. The summed E-state index contributed by atoms with van der Waals surface area (Å²) >= 11 is 0. The Hall–Kier alpha value is -0.803. The average molecular weight is 323 g/mol. The van der Waals surface area contributed by atoms with Gasteiger partial charge in [-0.15, -0.1) is 0 Å². The van der Waals surface area contributed by atoms with Crippen LogP contribution < -0.4 is 4.43 Å². The molecule has 1 rings (SSSR count). The van der Waals surface area contributed by atoms with Crippen LogP contribution in [0.5, 0.6) is 5.75 Å². The molecule has 1 aromatic rings. The first-order chi connectivity index (χ1) is 10.4. The smallest absolute Gasteiger partial charge is 0.392 e. The van der Waals surface area contributed by atoms with E-state index < -0.39 is 8.56 Å². The second kappa shape index (κ2) is 10.1. The molecule has 1 aromatic carbocycles. The Morgan fingerprint density at radius 2 is 1.55 bits per heavy atom. The predicted octanol–water partition coefficient (Wildman–Crippen LogP) is 6.15. The first kappa shape index (κ1) is 19.2. The summed E-state index contributed by atoms with van der Waals surface area (Å²) in [7, 11) is -2.08. The fraction of sp³-hybridized carbons (Fsp3) is 0.684. The number of unbranched alkanes of at least 4 members (excludes halogenated alkanes) is 6. The molecular weight excluding hydrogens is 288 g/mol. The normalized spacial score (nSPS) is 11.7. The van der Waals surface area contributed by atoms with Crippen molar-refractivity contribution in [2.24, 2.45) is 0 Å². The number of rotatable bonds is 11. The van der Waals surface area contributed by atoms with E-state index in [4.69, 9.17) is 8.85 Å². The highest BCUT2D eigenvalue weighted by Gasteiger charge is 2.27. The molecule has 0 bridgehead atoms. The molecule has 22 heavy (non-hydrogen) atoms. The van der Waals surface area contributed by atoms with E-state index in [1.807, 2.05) is 0 Å².